The van der Waals surface area contributed by atoms with E-state index in [0.717, 1.165) is 139 Å². The van der Waals surface area contributed by atoms with Crippen LogP contribution in [0.4, 0.5) is 11.4 Å². The number of fused-ring (bicyclic) bond motifs is 6. The number of nitriles is 2. The molecule has 2 aromatic carbocycles. The summed E-state index contributed by atoms with van der Waals surface area (Å²) in [5, 5.41) is 34.8. The summed E-state index contributed by atoms with van der Waals surface area (Å²) in [6.45, 7) is 38.2. The van der Waals surface area contributed by atoms with Crippen LogP contribution in [-0.2, 0) is 71.6 Å². The second-order valence-corrected chi connectivity index (χ2v) is 51.6. The fourth-order valence-electron chi connectivity index (χ4n) is 11.6. The Balaban J connectivity index is 0.000000194. The van der Waals surface area contributed by atoms with Gasteiger partial charge in [0, 0.05) is 83.9 Å². The molecule has 0 saturated heterocycles. The van der Waals surface area contributed by atoms with Crippen molar-refractivity contribution in [1.82, 2.24) is 34.0 Å². The van der Waals surface area contributed by atoms with Crippen LogP contribution < -0.4 is 15.3 Å². The van der Waals surface area contributed by atoms with Gasteiger partial charge in [0.25, 0.3) is 6.73 Å². The Morgan fingerprint density at radius 3 is 1.66 bits per heavy atom. The van der Waals surface area contributed by atoms with Gasteiger partial charge in [0.15, 0.2) is 11.6 Å². The molecule has 10 rings (SSSR count). The van der Waals surface area contributed by atoms with Gasteiger partial charge >= 0.3 is 0 Å². The number of aromatic amines is 1. The van der Waals surface area contributed by atoms with Crippen molar-refractivity contribution in [2.24, 2.45) is 22.7 Å². The van der Waals surface area contributed by atoms with Gasteiger partial charge in [-0.3, -0.25) is 9.13 Å². The molecule has 4 aliphatic rings. The molecule has 0 radical (unpaired) electrons. The minimum atomic E-state index is -1.22. The Bertz CT molecular complexity index is 3230. The molecule has 4 aromatic heterocycles. The van der Waals surface area contributed by atoms with E-state index in [-0.39, 0.29) is 0 Å². The van der Waals surface area contributed by atoms with Crippen LogP contribution >= 0.6 is 0 Å². The Morgan fingerprint density at radius 1 is 0.625 bits per heavy atom. The zero-order valence-corrected chi connectivity index (χ0v) is 55.3. The van der Waals surface area contributed by atoms with Gasteiger partial charge in [-0.05, 0) is 103 Å². The highest BCUT2D eigenvalue weighted by molar-refractivity contribution is 6.77. The topological polar surface area (TPSA) is 182 Å². The molecule has 4 atom stereocenters. The maximum atomic E-state index is 9.83. The van der Waals surface area contributed by atoms with Gasteiger partial charge in [0.05, 0.1) is 56.7 Å². The van der Waals surface area contributed by atoms with Gasteiger partial charge in [-0.25, -0.2) is 14.6 Å². The standard InChI is InChI=1S/2C30H46N6O2Si2/c1-30-16-22(30)14-23-27(17-30)36(20-38-10-12-40(6,7)8)34-28(23)29-33-25-15-24(32-2)21(18-31)13-26(25)35(29)19-37-9-11-39(3,4)5;1-30-16-22(30)14-23-27(17-30)36(20-38-10-12-40(6,7)8)34-28(23)29-33-25-13-21(18-31)24(32-2)15-26(25)35(29)19-37-9-11-39(3,4)5/h2*13,15,22,32H,9-12,14,16-17,19-20H2,1-8H3/p+1/t2*22-,30-/m11/s1. The lowest BCUT2D eigenvalue weighted by Crippen LogP contribution is -2.43. The summed E-state index contributed by atoms with van der Waals surface area (Å²) in [6, 6.07) is 17.0. The van der Waals surface area contributed by atoms with Crippen molar-refractivity contribution < 1.29 is 23.6 Å². The largest absolute Gasteiger partial charge is 0.387 e. The smallest absolute Gasteiger partial charge is 0.276 e. The Kier molecular flexibility index (Phi) is 17.2. The predicted molar refractivity (Wildman–Crippen MR) is 333 cm³/mol. The molecule has 4 heterocycles. The third-order valence-electron chi connectivity index (χ3n) is 17.4. The molecular weight excluding hydrogens is 1070 g/mol. The highest BCUT2D eigenvalue weighted by Gasteiger charge is 2.57. The fourth-order valence-corrected chi connectivity index (χ4v) is 14.6. The number of hydrogen-bond acceptors (Lipinski definition) is 11. The molecule has 0 bridgehead atoms. The molecule has 0 spiro atoms. The lowest BCUT2D eigenvalue weighted by molar-refractivity contribution is -0.787. The van der Waals surface area contributed by atoms with Crippen molar-refractivity contribution >= 4 is 65.7 Å². The summed E-state index contributed by atoms with van der Waals surface area (Å²) >= 11 is 0. The van der Waals surface area contributed by atoms with Crippen molar-refractivity contribution in [2.45, 2.75) is 182 Å². The summed E-state index contributed by atoms with van der Waals surface area (Å²) in [4.78, 5) is 10.3. The van der Waals surface area contributed by atoms with Crippen molar-refractivity contribution in [3.05, 3.63) is 57.9 Å². The van der Waals surface area contributed by atoms with Gasteiger partial charge in [0.2, 0.25) is 5.69 Å². The summed E-state index contributed by atoms with van der Waals surface area (Å²) in [7, 11) is -1.06. The van der Waals surface area contributed by atoms with E-state index in [1.54, 1.807) is 0 Å². The summed E-state index contributed by atoms with van der Waals surface area (Å²) in [5.41, 5.74) is 14.4. The molecule has 2 saturated carbocycles. The third kappa shape index (κ3) is 13.6. The number of rotatable bonds is 24. The molecule has 2 fully saturated rings. The molecule has 6 aromatic rings. The highest BCUT2D eigenvalue weighted by atomic mass is 28.3. The Labute approximate surface area is 480 Å². The number of nitrogens with one attached hydrogen (secondary N) is 3. The van der Waals surface area contributed by atoms with E-state index in [1.807, 2.05) is 38.4 Å². The van der Waals surface area contributed by atoms with E-state index in [1.165, 1.54) is 35.4 Å². The van der Waals surface area contributed by atoms with Crippen LogP contribution in [0.3, 0.4) is 0 Å². The van der Waals surface area contributed by atoms with Crippen LogP contribution in [-0.4, -0.2) is 107 Å². The third-order valence-corrected chi connectivity index (χ3v) is 24.2. The first-order valence-electron chi connectivity index (χ1n) is 29.4. The minimum Gasteiger partial charge on any atom is -0.387 e. The summed E-state index contributed by atoms with van der Waals surface area (Å²) in [5.74, 6) is 3.13. The average Bonchev–Trinajstić information content (AvgIpc) is 4.09. The number of anilines is 2. The minimum absolute atomic E-state index is 0.379. The molecule has 3 N–H and O–H groups in total. The first kappa shape index (κ1) is 59.7. The van der Waals surface area contributed by atoms with E-state index >= 15 is 0 Å². The van der Waals surface area contributed by atoms with Gasteiger partial charge < -0.3 is 29.6 Å². The van der Waals surface area contributed by atoms with Crippen LogP contribution in [0, 0.1) is 45.3 Å². The van der Waals surface area contributed by atoms with Gasteiger partial charge in [0.1, 0.15) is 43.7 Å². The normalized spacial score (nSPS) is 20.3. The van der Waals surface area contributed by atoms with E-state index in [4.69, 9.17) is 34.0 Å². The number of hydrogen-bond donors (Lipinski definition) is 3. The van der Waals surface area contributed by atoms with Crippen LogP contribution in [0.25, 0.3) is 45.1 Å². The Morgan fingerprint density at radius 2 is 1.10 bits per heavy atom. The van der Waals surface area contributed by atoms with Gasteiger partial charge in [-0.1, -0.05) is 97.1 Å². The molecule has 16 nitrogen and oxygen atoms in total. The van der Waals surface area contributed by atoms with E-state index in [2.05, 4.69) is 139 Å². The lowest BCUT2D eigenvalue weighted by Gasteiger charge is -2.20. The predicted octanol–water partition coefficient (Wildman–Crippen LogP) is 12.5. The Hall–Kier alpha value is -4.91. The van der Waals surface area contributed by atoms with E-state index < -0.39 is 32.3 Å². The molecule has 0 unspecified atom stereocenters. The van der Waals surface area contributed by atoms with Crippen molar-refractivity contribution in [3.8, 4) is 35.2 Å². The van der Waals surface area contributed by atoms with E-state index in [0.29, 0.717) is 54.8 Å². The van der Waals surface area contributed by atoms with Crippen LogP contribution in [0.5, 0.6) is 0 Å². The quantitative estimate of drug-likeness (QED) is 0.0298. The maximum absolute atomic E-state index is 9.83. The van der Waals surface area contributed by atoms with Crippen molar-refractivity contribution in [2.75, 3.05) is 51.2 Å². The number of H-pyrrole nitrogens is 1. The molecule has 4 aliphatic carbocycles. The van der Waals surface area contributed by atoms with E-state index in [9.17, 15) is 10.5 Å². The number of nitrogens with zero attached hydrogens (tertiary/aromatic N) is 9. The highest BCUT2D eigenvalue weighted by Crippen LogP contribution is 2.61. The molecule has 0 aliphatic heterocycles. The van der Waals surface area contributed by atoms with Gasteiger partial charge in [-0.2, -0.15) is 20.7 Å². The van der Waals surface area contributed by atoms with Crippen LogP contribution in [0.15, 0.2) is 24.3 Å². The number of benzene rings is 2. The van der Waals surface area contributed by atoms with Crippen molar-refractivity contribution in [3.63, 3.8) is 0 Å². The number of aromatic nitrogens is 8. The average molecular weight is 1160 g/mol. The zero-order valence-electron chi connectivity index (χ0n) is 51.3. The number of imidazole rings is 2. The maximum Gasteiger partial charge on any atom is 0.276 e. The first-order valence-corrected chi connectivity index (χ1v) is 44.2. The summed E-state index contributed by atoms with van der Waals surface area (Å²) in [6.07, 6.45) is 6.74. The number of ether oxygens (including phenoxy) is 4. The molecule has 20 heteroatoms. The summed E-state index contributed by atoms with van der Waals surface area (Å²) < 4.78 is 33.6. The second-order valence-electron chi connectivity index (χ2n) is 29.1. The van der Waals surface area contributed by atoms with Gasteiger partial charge in [-0.15, -0.1) is 0 Å². The molecular formula is C60H93N12O4Si4+. The first-order chi connectivity index (χ1) is 37.6. The monoisotopic (exact) mass is 1160 g/mol. The van der Waals surface area contributed by atoms with Crippen LogP contribution in [0.2, 0.25) is 103 Å². The zero-order chi connectivity index (χ0) is 57.7. The van der Waals surface area contributed by atoms with Crippen molar-refractivity contribution in [1.29, 1.82) is 10.5 Å². The molecule has 0 amide bonds. The molecule has 80 heavy (non-hydrogen) atoms. The SMILES string of the molecule is CNc1cc2c(cc1C#N)nc(-c1nn(COCC[Si](C)(C)C)c3c1C[C@@H]1C[C@]1(C)C3)n2COCC[Si](C)(C)C.CNc1cc2nc(-c3[nH][n+](COCC[Si](C)(C)C)c4c3C[C@@H]3C[C@]3(C)C4)n(COCC[Si](C)(C)C)c2cc1C#N. The molecule has 432 valence electrons. The lowest BCUT2D eigenvalue weighted by atomic mass is 9.87. The van der Waals surface area contributed by atoms with Crippen LogP contribution in [0.1, 0.15) is 60.3 Å². The second kappa shape index (κ2) is 23.0. The fraction of sp³-hybridized carbons (Fsp3) is 0.633.